The highest BCUT2D eigenvalue weighted by molar-refractivity contribution is 5.96. The van der Waals surface area contributed by atoms with Crippen molar-refractivity contribution >= 4 is 22.8 Å². The van der Waals surface area contributed by atoms with Gasteiger partial charge in [0.15, 0.2) is 0 Å². The Balaban J connectivity index is 1.63. The molecule has 0 unspecified atom stereocenters. The van der Waals surface area contributed by atoms with Gasteiger partial charge in [0, 0.05) is 22.6 Å². The Hall–Kier alpha value is -3.41. The van der Waals surface area contributed by atoms with Crippen molar-refractivity contribution in [2.24, 2.45) is 0 Å². The van der Waals surface area contributed by atoms with Crippen LogP contribution in [0.4, 0.5) is 0 Å². The number of carbonyl (C=O) groups excluding carboxylic acids is 2. The highest BCUT2D eigenvalue weighted by atomic mass is 16.5. The highest BCUT2D eigenvalue weighted by Crippen LogP contribution is 2.19. The van der Waals surface area contributed by atoms with Gasteiger partial charge in [0.2, 0.25) is 0 Å². The number of carbonyl (C=O) groups is 2. The van der Waals surface area contributed by atoms with Crippen LogP contribution in [0, 0.1) is 6.92 Å². The largest absolute Gasteiger partial charge is 0.459 e. The number of ether oxygens (including phenoxy) is 1. The Labute approximate surface area is 162 Å². The fourth-order valence-electron chi connectivity index (χ4n) is 2.86. The van der Waals surface area contributed by atoms with Crippen molar-refractivity contribution in [3.8, 4) is 0 Å². The van der Waals surface area contributed by atoms with Crippen molar-refractivity contribution in [3.05, 3.63) is 81.2 Å². The minimum absolute atomic E-state index is 0.0767. The zero-order valence-corrected chi connectivity index (χ0v) is 15.8. The van der Waals surface area contributed by atoms with Crippen molar-refractivity contribution in [2.45, 2.75) is 26.9 Å². The van der Waals surface area contributed by atoms with Gasteiger partial charge in [-0.1, -0.05) is 36.8 Å². The molecule has 0 atom stereocenters. The van der Waals surface area contributed by atoms with Crippen LogP contribution < -0.4 is 10.9 Å². The Morgan fingerprint density at radius 1 is 1.11 bits per heavy atom. The van der Waals surface area contributed by atoms with Crippen molar-refractivity contribution < 1.29 is 18.7 Å². The van der Waals surface area contributed by atoms with Gasteiger partial charge in [0.25, 0.3) is 5.91 Å². The fraction of sp³-hybridized carbons (Fsp3) is 0.227. The van der Waals surface area contributed by atoms with Crippen molar-refractivity contribution in [2.75, 3.05) is 6.54 Å². The van der Waals surface area contributed by atoms with Crippen molar-refractivity contribution in [1.29, 1.82) is 0 Å². The van der Waals surface area contributed by atoms with Gasteiger partial charge in [0.1, 0.15) is 18.7 Å². The molecule has 6 nitrogen and oxygen atoms in total. The molecule has 0 aliphatic rings. The molecular weight excluding hydrogens is 358 g/mol. The van der Waals surface area contributed by atoms with Crippen LogP contribution in [0.25, 0.3) is 11.0 Å². The monoisotopic (exact) mass is 379 g/mol. The molecule has 1 aromatic heterocycles. The summed E-state index contributed by atoms with van der Waals surface area (Å²) in [4.78, 5) is 35.9. The predicted octanol–water partition coefficient (Wildman–Crippen LogP) is 3.14. The lowest BCUT2D eigenvalue weighted by Gasteiger charge is -2.09. The average molecular weight is 379 g/mol. The molecule has 0 bridgehead atoms. The smallest absolute Gasteiger partial charge is 0.336 e. The maximum Gasteiger partial charge on any atom is 0.336 e. The molecule has 1 heterocycles. The van der Waals surface area contributed by atoms with Gasteiger partial charge >= 0.3 is 11.6 Å². The number of esters is 1. The summed E-state index contributed by atoms with van der Waals surface area (Å²) < 4.78 is 10.5. The summed E-state index contributed by atoms with van der Waals surface area (Å²) in [6.07, 6.45) is 0.819. The third-order valence-electron chi connectivity index (χ3n) is 4.37. The van der Waals surface area contributed by atoms with E-state index < -0.39 is 11.6 Å². The number of fused-ring (bicyclic) bond motifs is 1. The number of nitrogens with one attached hydrogen (secondary N) is 1. The Kier molecular flexibility index (Phi) is 5.89. The average Bonchev–Trinajstić information content (AvgIpc) is 2.69. The number of hydrogen-bond donors (Lipinski definition) is 1. The zero-order chi connectivity index (χ0) is 20.1. The molecule has 1 N–H and O–H groups in total. The first-order valence-electron chi connectivity index (χ1n) is 9.02. The molecule has 6 heteroatoms. The second-order valence-electron chi connectivity index (χ2n) is 6.49. The van der Waals surface area contributed by atoms with Crippen LogP contribution in [-0.4, -0.2) is 18.4 Å². The molecule has 144 valence electrons. The van der Waals surface area contributed by atoms with E-state index >= 15 is 0 Å². The summed E-state index contributed by atoms with van der Waals surface area (Å²) in [5.41, 5.74) is 3.00. The first-order valence-corrected chi connectivity index (χ1v) is 9.02. The van der Waals surface area contributed by atoms with Gasteiger partial charge in [-0.3, -0.25) is 9.59 Å². The van der Waals surface area contributed by atoms with Crippen LogP contribution in [0.15, 0.2) is 57.7 Å². The lowest BCUT2D eigenvalue weighted by molar-refractivity contribution is -0.143. The Morgan fingerprint density at radius 2 is 1.93 bits per heavy atom. The third-order valence-corrected chi connectivity index (χ3v) is 4.37. The molecule has 1 amide bonds. The van der Waals surface area contributed by atoms with E-state index in [4.69, 9.17) is 9.15 Å². The molecule has 2 aromatic carbocycles. The van der Waals surface area contributed by atoms with E-state index in [9.17, 15) is 14.4 Å². The zero-order valence-electron chi connectivity index (χ0n) is 15.8. The summed E-state index contributed by atoms with van der Waals surface area (Å²) in [6, 6.07) is 14.0. The summed E-state index contributed by atoms with van der Waals surface area (Å²) in [7, 11) is 0. The van der Waals surface area contributed by atoms with Gasteiger partial charge in [0.05, 0.1) is 0 Å². The van der Waals surface area contributed by atoms with E-state index in [0.29, 0.717) is 22.1 Å². The number of hydrogen-bond acceptors (Lipinski definition) is 5. The second-order valence-corrected chi connectivity index (χ2v) is 6.49. The molecule has 0 saturated heterocycles. The van der Waals surface area contributed by atoms with E-state index in [1.165, 1.54) is 6.07 Å². The van der Waals surface area contributed by atoms with Crippen LogP contribution >= 0.6 is 0 Å². The standard InChI is InChI=1S/C22H21NO5/c1-3-15-7-8-18-17(11-20(24)28-19(18)10-15)13-27-21(25)12-23-22(26)16-6-4-5-14(2)9-16/h4-11H,3,12-13H2,1-2H3,(H,23,26). The summed E-state index contributed by atoms with van der Waals surface area (Å²) in [6.45, 7) is 3.56. The molecule has 3 rings (SSSR count). The fourth-order valence-corrected chi connectivity index (χ4v) is 2.86. The first-order chi connectivity index (χ1) is 13.5. The van der Waals surface area contributed by atoms with Crippen LogP contribution in [0.3, 0.4) is 0 Å². The highest BCUT2D eigenvalue weighted by Gasteiger charge is 2.11. The Bertz CT molecular complexity index is 1080. The predicted molar refractivity (Wildman–Crippen MR) is 105 cm³/mol. The van der Waals surface area contributed by atoms with Gasteiger partial charge in [-0.2, -0.15) is 0 Å². The van der Waals surface area contributed by atoms with Crippen molar-refractivity contribution in [3.63, 3.8) is 0 Å². The minimum atomic E-state index is -0.590. The summed E-state index contributed by atoms with van der Waals surface area (Å²) >= 11 is 0. The minimum Gasteiger partial charge on any atom is -0.459 e. The van der Waals surface area contributed by atoms with Gasteiger partial charge in [-0.15, -0.1) is 0 Å². The lowest BCUT2D eigenvalue weighted by Crippen LogP contribution is -2.30. The number of aryl methyl sites for hydroxylation is 2. The Morgan fingerprint density at radius 3 is 2.68 bits per heavy atom. The van der Waals surface area contributed by atoms with E-state index in [-0.39, 0.29) is 19.1 Å². The summed E-state index contributed by atoms with van der Waals surface area (Å²) in [5.74, 6) is -0.939. The van der Waals surface area contributed by atoms with Gasteiger partial charge in [-0.05, 0) is 37.1 Å². The van der Waals surface area contributed by atoms with E-state index in [1.54, 1.807) is 18.2 Å². The van der Waals surface area contributed by atoms with Crippen molar-refractivity contribution in [1.82, 2.24) is 5.32 Å². The molecule has 3 aromatic rings. The normalized spacial score (nSPS) is 10.6. The number of amides is 1. The first kappa shape index (κ1) is 19.4. The van der Waals surface area contributed by atoms with Crippen LogP contribution in [-0.2, 0) is 22.6 Å². The van der Waals surface area contributed by atoms with Crippen LogP contribution in [0.2, 0.25) is 0 Å². The number of benzene rings is 2. The van der Waals surface area contributed by atoms with E-state index in [1.807, 2.05) is 38.1 Å². The lowest BCUT2D eigenvalue weighted by atomic mass is 10.1. The molecule has 0 spiro atoms. The molecule has 0 fully saturated rings. The van der Waals surface area contributed by atoms with Gasteiger partial charge in [-0.25, -0.2) is 4.79 Å². The van der Waals surface area contributed by atoms with Crippen LogP contribution in [0.1, 0.15) is 34.0 Å². The quantitative estimate of drug-likeness (QED) is 0.525. The molecule has 28 heavy (non-hydrogen) atoms. The van der Waals surface area contributed by atoms with Crippen LogP contribution in [0.5, 0.6) is 0 Å². The van der Waals surface area contributed by atoms with E-state index in [0.717, 1.165) is 17.5 Å². The molecule has 0 aliphatic carbocycles. The molecule has 0 radical (unpaired) electrons. The van der Waals surface area contributed by atoms with Gasteiger partial charge < -0.3 is 14.5 Å². The maximum atomic E-state index is 12.1. The third kappa shape index (κ3) is 4.65. The summed E-state index contributed by atoms with van der Waals surface area (Å²) in [5, 5.41) is 3.25. The SMILES string of the molecule is CCc1ccc2c(COC(=O)CNC(=O)c3cccc(C)c3)cc(=O)oc2c1. The second kappa shape index (κ2) is 8.52. The topological polar surface area (TPSA) is 85.6 Å². The molecule has 0 saturated carbocycles. The molecule has 0 aliphatic heterocycles. The number of rotatable bonds is 6. The molecular formula is C22H21NO5. The van der Waals surface area contributed by atoms with E-state index in [2.05, 4.69) is 5.32 Å². The maximum absolute atomic E-state index is 12.1.